The van der Waals surface area contributed by atoms with E-state index >= 15 is 0 Å². The van der Waals surface area contributed by atoms with Crippen molar-refractivity contribution in [2.24, 2.45) is 0 Å². The quantitative estimate of drug-likeness (QED) is 0.585. The molecule has 0 radical (unpaired) electrons. The second-order valence-electron chi connectivity index (χ2n) is 7.92. The Bertz CT molecular complexity index is 1020. The summed E-state index contributed by atoms with van der Waals surface area (Å²) in [4.78, 5) is 19.7. The lowest BCUT2D eigenvalue weighted by Gasteiger charge is -2.26. The molecule has 4 rings (SSSR count). The van der Waals surface area contributed by atoms with Crippen molar-refractivity contribution in [1.29, 1.82) is 0 Å². The van der Waals surface area contributed by atoms with Gasteiger partial charge >= 0.3 is 0 Å². The maximum Gasteiger partial charge on any atom is 0.230 e. The van der Waals surface area contributed by atoms with Crippen LogP contribution in [0.5, 0.6) is 0 Å². The Morgan fingerprint density at radius 1 is 1.16 bits per heavy atom. The van der Waals surface area contributed by atoms with E-state index in [1.54, 1.807) is 11.3 Å². The third-order valence-electron chi connectivity index (χ3n) is 5.61. The van der Waals surface area contributed by atoms with Crippen LogP contribution in [0.3, 0.4) is 0 Å². The van der Waals surface area contributed by atoms with Crippen LogP contribution in [0.1, 0.15) is 29.3 Å². The minimum Gasteiger partial charge on any atom is -0.379 e. The Labute approximate surface area is 188 Å². The van der Waals surface area contributed by atoms with Crippen molar-refractivity contribution >= 4 is 22.9 Å². The Hall–Kier alpha value is -2.54. The van der Waals surface area contributed by atoms with E-state index in [2.05, 4.69) is 47.5 Å². The van der Waals surface area contributed by atoms with Gasteiger partial charge in [0.25, 0.3) is 0 Å². The van der Waals surface area contributed by atoms with E-state index in [1.165, 1.54) is 5.56 Å². The van der Waals surface area contributed by atoms with E-state index in [-0.39, 0.29) is 12.3 Å². The first-order valence-electron chi connectivity index (χ1n) is 10.8. The number of aromatic nitrogens is 1. The smallest absolute Gasteiger partial charge is 0.230 e. The van der Waals surface area contributed by atoms with Crippen molar-refractivity contribution in [2.45, 2.75) is 33.2 Å². The molecular formula is C25H29N3O2S. The first-order chi connectivity index (χ1) is 15.1. The molecule has 162 valence electrons. The summed E-state index contributed by atoms with van der Waals surface area (Å²) < 4.78 is 5.42. The van der Waals surface area contributed by atoms with Crippen LogP contribution in [0.2, 0.25) is 0 Å². The number of morpholine rings is 1. The summed E-state index contributed by atoms with van der Waals surface area (Å²) in [6.45, 7) is 8.69. The summed E-state index contributed by atoms with van der Waals surface area (Å²) in [5.41, 5.74) is 6.37. The molecule has 5 nitrogen and oxygen atoms in total. The first kappa shape index (κ1) is 21.7. The Morgan fingerprint density at radius 3 is 2.68 bits per heavy atom. The molecule has 1 aromatic heterocycles. The number of benzene rings is 2. The number of rotatable bonds is 7. The van der Waals surface area contributed by atoms with Crippen LogP contribution in [0.4, 0.5) is 5.69 Å². The number of thiazole rings is 1. The van der Waals surface area contributed by atoms with Crippen LogP contribution in [0.15, 0.2) is 47.8 Å². The molecule has 0 bridgehead atoms. The van der Waals surface area contributed by atoms with Crippen molar-refractivity contribution in [3.8, 4) is 10.6 Å². The van der Waals surface area contributed by atoms with Gasteiger partial charge in [-0.25, -0.2) is 4.98 Å². The molecule has 0 spiro atoms. The largest absolute Gasteiger partial charge is 0.379 e. The third-order valence-corrected chi connectivity index (χ3v) is 6.55. The van der Waals surface area contributed by atoms with Crippen molar-refractivity contribution in [3.05, 3.63) is 70.2 Å². The van der Waals surface area contributed by atoms with E-state index in [9.17, 15) is 4.79 Å². The number of nitrogens with one attached hydrogen (secondary N) is 1. The van der Waals surface area contributed by atoms with Crippen LogP contribution < -0.4 is 5.32 Å². The number of amides is 1. The monoisotopic (exact) mass is 435 g/mol. The molecule has 1 fully saturated rings. The van der Waals surface area contributed by atoms with E-state index < -0.39 is 0 Å². The fraction of sp³-hybridized carbons (Fsp3) is 0.360. The number of nitrogens with zero attached hydrogens (tertiary/aromatic N) is 2. The van der Waals surface area contributed by atoms with Gasteiger partial charge in [-0.3, -0.25) is 9.69 Å². The van der Waals surface area contributed by atoms with E-state index in [0.717, 1.165) is 72.3 Å². The summed E-state index contributed by atoms with van der Waals surface area (Å²) in [6, 6.07) is 14.7. The van der Waals surface area contributed by atoms with Gasteiger partial charge in [-0.05, 0) is 30.0 Å². The Kier molecular flexibility index (Phi) is 7.12. The number of carbonyl (C=O) groups is 1. The highest BCUT2D eigenvalue weighted by Gasteiger charge is 2.13. The zero-order chi connectivity index (χ0) is 21.6. The molecule has 2 aromatic carbocycles. The molecule has 1 N–H and O–H groups in total. The molecule has 0 saturated carbocycles. The molecule has 1 amide bonds. The summed E-state index contributed by atoms with van der Waals surface area (Å²) in [6.07, 6.45) is 1.17. The van der Waals surface area contributed by atoms with Gasteiger partial charge in [-0.1, -0.05) is 49.4 Å². The predicted molar refractivity (Wildman–Crippen MR) is 127 cm³/mol. The number of carbonyl (C=O) groups excluding carboxylic acids is 1. The highest BCUT2D eigenvalue weighted by molar-refractivity contribution is 7.13. The summed E-state index contributed by atoms with van der Waals surface area (Å²) in [5, 5.41) is 6.02. The van der Waals surface area contributed by atoms with Gasteiger partial charge in [0.1, 0.15) is 5.01 Å². The van der Waals surface area contributed by atoms with Crippen molar-refractivity contribution < 1.29 is 9.53 Å². The van der Waals surface area contributed by atoms with Gasteiger partial charge in [0.05, 0.1) is 25.3 Å². The second kappa shape index (κ2) is 10.2. The molecule has 6 heteroatoms. The first-order valence-corrected chi connectivity index (χ1v) is 11.7. The molecule has 0 unspecified atom stereocenters. The van der Waals surface area contributed by atoms with Crippen LogP contribution in [0, 0.1) is 6.92 Å². The van der Waals surface area contributed by atoms with Gasteiger partial charge in [-0.2, -0.15) is 0 Å². The fourth-order valence-electron chi connectivity index (χ4n) is 3.84. The van der Waals surface area contributed by atoms with E-state index in [0.29, 0.717) is 0 Å². The fourth-order valence-corrected chi connectivity index (χ4v) is 4.67. The molecule has 31 heavy (non-hydrogen) atoms. The lowest BCUT2D eigenvalue weighted by Crippen LogP contribution is -2.35. The van der Waals surface area contributed by atoms with Crippen LogP contribution in [0.25, 0.3) is 10.6 Å². The zero-order valence-electron chi connectivity index (χ0n) is 18.2. The maximum absolute atomic E-state index is 12.6. The van der Waals surface area contributed by atoms with Crippen molar-refractivity contribution in [2.75, 3.05) is 31.6 Å². The van der Waals surface area contributed by atoms with E-state index in [4.69, 9.17) is 9.72 Å². The van der Waals surface area contributed by atoms with Gasteiger partial charge in [-0.15, -0.1) is 11.3 Å². The lowest BCUT2D eigenvalue weighted by molar-refractivity contribution is -0.115. The molecular weight excluding hydrogens is 406 g/mol. The second-order valence-corrected chi connectivity index (χ2v) is 8.78. The standard InChI is InChI=1S/C25H29N3O2S/c1-3-20-6-4-5-18(2)24(20)27-23(29)15-22-17-31-25(26-22)21-9-7-19(8-10-21)16-28-11-13-30-14-12-28/h4-10,17H,3,11-16H2,1-2H3,(H,27,29). The summed E-state index contributed by atoms with van der Waals surface area (Å²) >= 11 is 1.59. The Morgan fingerprint density at radius 2 is 1.94 bits per heavy atom. The van der Waals surface area contributed by atoms with Crippen molar-refractivity contribution in [1.82, 2.24) is 9.88 Å². The average Bonchev–Trinajstić information content (AvgIpc) is 3.24. The maximum atomic E-state index is 12.6. The van der Waals surface area contributed by atoms with Crippen molar-refractivity contribution in [3.63, 3.8) is 0 Å². The van der Waals surface area contributed by atoms with Gasteiger partial charge in [0.15, 0.2) is 0 Å². The Balaban J connectivity index is 1.37. The molecule has 0 aliphatic carbocycles. The molecule has 3 aromatic rings. The molecule has 1 aliphatic rings. The SMILES string of the molecule is CCc1cccc(C)c1NC(=O)Cc1csc(-c2ccc(CN3CCOCC3)cc2)n1. The van der Waals surface area contributed by atoms with Crippen LogP contribution in [-0.4, -0.2) is 42.1 Å². The van der Waals surface area contributed by atoms with Crippen LogP contribution >= 0.6 is 11.3 Å². The lowest BCUT2D eigenvalue weighted by atomic mass is 10.1. The molecule has 0 atom stereocenters. The van der Waals surface area contributed by atoms with Gasteiger partial charge in [0.2, 0.25) is 5.91 Å². The average molecular weight is 436 g/mol. The molecule has 2 heterocycles. The normalized spacial score (nSPS) is 14.5. The minimum atomic E-state index is -0.0262. The number of anilines is 1. The number of aryl methyl sites for hydroxylation is 2. The highest BCUT2D eigenvalue weighted by atomic mass is 32.1. The number of ether oxygens (including phenoxy) is 1. The predicted octanol–water partition coefficient (Wildman–Crippen LogP) is 4.69. The number of para-hydroxylation sites is 1. The van der Waals surface area contributed by atoms with E-state index in [1.807, 2.05) is 24.4 Å². The minimum absolute atomic E-state index is 0.0262. The number of hydrogen-bond donors (Lipinski definition) is 1. The summed E-state index contributed by atoms with van der Waals surface area (Å²) in [5.74, 6) is -0.0262. The zero-order valence-corrected chi connectivity index (χ0v) is 19.0. The van der Waals surface area contributed by atoms with Crippen LogP contribution in [-0.2, 0) is 28.9 Å². The van der Waals surface area contributed by atoms with Gasteiger partial charge < -0.3 is 10.1 Å². The highest BCUT2D eigenvalue weighted by Crippen LogP contribution is 2.25. The van der Waals surface area contributed by atoms with Gasteiger partial charge in [0, 0.05) is 36.3 Å². The molecule has 1 aliphatic heterocycles. The molecule has 1 saturated heterocycles. The third kappa shape index (κ3) is 5.58. The topological polar surface area (TPSA) is 54.5 Å². The number of hydrogen-bond acceptors (Lipinski definition) is 5. The summed E-state index contributed by atoms with van der Waals surface area (Å²) in [7, 11) is 0.